The second-order valence-electron chi connectivity index (χ2n) is 11.3. The number of aliphatic hydroxyl groups is 1. The number of fused-ring (bicyclic) bond motifs is 3. The maximum atomic E-state index is 15.8. The third kappa shape index (κ3) is 3.65. The summed E-state index contributed by atoms with van der Waals surface area (Å²) < 4.78 is 21.7. The maximum Gasteiger partial charge on any atom is 0.324 e. The fourth-order valence-corrected chi connectivity index (χ4v) is 7.81. The summed E-state index contributed by atoms with van der Waals surface area (Å²) in [5.74, 6) is -2.07. The Morgan fingerprint density at radius 1 is 1.16 bits per heavy atom. The van der Waals surface area contributed by atoms with Crippen LogP contribution < -0.4 is 15.4 Å². The highest BCUT2D eigenvalue weighted by atomic mass is 35.5. The van der Waals surface area contributed by atoms with Crippen LogP contribution in [0.1, 0.15) is 68.9 Å². The number of hydrogen-bond donors (Lipinski definition) is 3. The van der Waals surface area contributed by atoms with E-state index in [2.05, 4.69) is 10.6 Å². The molecule has 37 heavy (non-hydrogen) atoms. The van der Waals surface area contributed by atoms with E-state index in [1.165, 1.54) is 6.07 Å². The van der Waals surface area contributed by atoms with Gasteiger partial charge in [-0.05, 0) is 56.4 Å². The first-order valence-electron chi connectivity index (χ1n) is 12.8. The van der Waals surface area contributed by atoms with Crippen molar-refractivity contribution >= 4 is 35.1 Å². The number of rotatable bonds is 3. The lowest BCUT2D eigenvalue weighted by Crippen LogP contribution is -2.60. The number of halogens is 3. The molecule has 2 aliphatic carbocycles. The molecule has 6 nitrogen and oxygen atoms in total. The van der Waals surface area contributed by atoms with E-state index in [9.17, 15) is 14.7 Å². The van der Waals surface area contributed by atoms with Crippen molar-refractivity contribution in [3.8, 4) is 5.75 Å². The Hall–Kier alpha value is -2.19. The summed E-state index contributed by atoms with van der Waals surface area (Å²) >= 11 is 12.5. The maximum absolute atomic E-state index is 15.8. The highest BCUT2D eigenvalue weighted by Gasteiger charge is 2.73. The molecule has 1 saturated heterocycles. The summed E-state index contributed by atoms with van der Waals surface area (Å²) in [4.78, 5) is 28.0. The van der Waals surface area contributed by atoms with E-state index in [-0.39, 0.29) is 22.5 Å². The molecule has 1 amide bonds. The number of ether oxygens (including phenoxy) is 1. The van der Waals surface area contributed by atoms with Crippen LogP contribution in [0.2, 0.25) is 10.0 Å². The smallest absolute Gasteiger partial charge is 0.324 e. The Morgan fingerprint density at radius 3 is 2.59 bits per heavy atom. The van der Waals surface area contributed by atoms with Gasteiger partial charge in [0.1, 0.15) is 17.0 Å². The average molecular weight is 547 g/mol. The van der Waals surface area contributed by atoms with Gasteiger partial charge in [0, 0.05) is 28.1 Å². The van der Waals surface area contributed by atoms with Crippen molar-refractivity contribution in [3.05, 3.63) is 63.4 Å². The second-order valence-corrected chi connectivity index (χ2v) is 12.2. The van der Waals surface area contributed by atoms with E-state index in [0.29, 0.717) is 42.0 Å². The zero-order valence-corrected chi connectivity index (χ0v) is 22.0. The van der Waals surface area contributed by atoms with Crippen molar-refractivity contribution < 1.29 is 23.8 Å². The second kappa shape index (κ2) is 8.67. The van der Waals surface area contributed by atoms with Crippen molar-refractivity contribution in [2.45, 2.75) is 86.4 Å². The molecule has 2 aromatic rings. The Balaban J connectivity index is 1.55. The van der Waals surface area contributed by atoms with Crippen LogP contribution in [-0.2, 0) is 15.0 Å². The summed E-state index contributed by atoms with van der Waals surface area (Å²) in [7, 11) is 0. The summed E-state index contributed by atoms with van der Waals surface area (Å²) in [6.45, 7) is 1.73. The lowest BCUT2D eigenvalue weighted by molar-refractivity contribution is -0.141. The fourth-order valence-electron chi connectivity index (χ4n) is 7.47. The zero-order valence-electron chi connectivity index (χ0n) is 20.5. The molecule has 6 rings (SSSR count). The van der Waals surface area contributed by atoms with Crippen LogP contribution in [0.15, 0.2) is 36.4 Å². The topological polar surface area (TPSA) is 87.7 Å². The number of amides is 1. The minimum Gasteiger partial charge on any atom is -0.425 e. The zero-order chi connectivity index (χ0) is 26.2. The Bertz CT molecular complexity index is 1290. The van der Waals surface area contributed by atoms with Crippen LogP contribution in [0.3, 0.4) is 0 Å². The van der Waals surface area contributed by atoms with Gasteiger partial charge < -0.3 is 15.2 Å². The molecular weight excluding hydrogens is 518 g/mol. The lowest BCUT2D eigenvalue weighted by Gasteiger charge is -2.46. The third-order valence-corrected chi connectivity index (χ3v) is 9.43. The van der Waals surface area contributed by atoms with Crippen molar-refractivity contribution in [2.75, 3.05) is 0 Å². The number of carbonyl (C=O) groups excluding carboxylic acids is 2. The summed E-state index contributed by atoms with van der Waals surface area (Å²) in [5.41, 5.74) is -2.19. The molecule has 4 aliphatic rings. The van der Waals surface area contributed by atoms with Crippen LogP contribution in [0.5, 0.6) is 5.75 Å². The standard InChI is InChI=1S/C28H29Cl2FN2O4/c1-26(36)13-16(14-26)32-24(34)23-21(17-6-5-7-19(30)22(17)31)28(27(33-23)10-3-2-4-11-27)18-9-8-15(29)12-20(18)37-25(28)35/h5-9,12,16,21,23,33,36H,2-4,10-11,13-14H2,1H3,(H,32,34)/t16?,21-,23+,26?,28+/m0/s1. The predicted octanol–water partition coefficient (Wildman–Crippen LogP) is 4.78. The number of hydrogen-bond acceptors (Lipinski definition) is 5. The van der Waals surface area contributed by atoms with Crippen LogP contribution in [-0.4, -0.2) is 40.2 Å². The molecule has 2 aliphatic heterocycles. The van der Waals surface area contributed by atoms with Gasteiger partial charge in [0.15, 0.2) is 0 Å². The first-order valence-corrected chi connectivity index (χ1v) is 13.6. The molecule has 2 saturated carbocycles. The van der Waals surface area contributed by atoms with Gasteiger partial charge in [0.05, 0.1) is 16.7 Å². The third-order valence-electron chi connectivity index (χ3n) is 8.90. The Kier molecular flexibility index (Phi) is 5.88. The van der Waals surface area contributed by atoms with Gasteiger partial charge >= 0.3 is 5.97 Å². The van der Waals surface area contributed by atoms with Crippen molar-refractivity contribution in [2.24, 2.45) is 0 Å². The van der Waals surface area contributed by atoms with Crippen molar-refractivity contribution in [1.29, 1.82) is 0 Å². The molecule has 196 valence electrons. The molecule has 0 unspecified atom stereocenters. The number of esters is 1. The fraction of sp³-hybridized carbons (Fsp3) is 0.500. The molecule has 2 heterocycles. The molecular formula is C28H29Cl2FN2O4. The van der Waals surface area contributed by atoms with Gasteiger partial charge in [-0.25, -0.2) is 4.39 Å². The van der Waals surface area contributed by atoms with E-state index in [1.807, 2.05) is 0 Å². The average Bonchev–Trinajstić information content (AvgIpc) is 3.28. The highest BCUT2D eigenvalue weighted by Crippen LogP contribution is 2.63. The molecule has 3 fully saturated rings. The van der Waals surface area contributed by atoms with Gasteiger partial charge in [0.2, 0.25) is 5.91 Å². The Morgan fingerprint density at radius 2 is 1.89 bits per heavy atom. The van der Waals surface area contributed by atoms with Crippen LogP contribution >= 0.6 is 23.2 Å². The van der Waals surface area contributed by atoms with Gasteiger partial charge in [-0.1, -0.05) is 60.7 Å². The first-order chi connectivity index (χ1) is 17.6. The van der Waals surface area contributed by atoms with E-state index in [4.69, 9.17) is 27.9 Å². The molecule has 3 atom stereocenters. The molecule has 2 aromatic carbocycles. The minimum absolute atomic E-state index is 0.0749. The van der Waals surface area contributed by atoms with E-state index in [0.717, 1.165) is 19.3 Å². The van der Waals surface area contributed by atoms with Gasteiger partial charge in [-0.3, -0.25) is 14.9 Å². The van der Waals surface area contributed by atoms with Crippen LogP contribution in [0, 0.1) is 5.82 Å². The SMILES string of the molecule is CC1(O)CC(NC(=O)[C@@H]2NC3(CCCCC3)[C@@]3(C(=O)Oc4cc(Cl)ccc43)[C@H]2c2cccc(Cl)c2F)C1. The number of benzene rings is 2. The molecule has 0 radical (unpaired) electrons. The van der Waals surface area contributed by atoms with Gasteiger partial charge in [0.25, 0.3) is 0 Å². The minimum atomic E-state index is -1.36. The number of nitrogens with one attached hydrogen (secondary N) is 2. The number of carbonyl (C=O) groups is 2. The van der Waals surface area contributed by atoms with E-state index < -0.39 is 40.3 Å². The summed E-state index contributed by atoms with van der Waals surface area (Å²) in [6, 6.07) is 8.66. The lowest BCUT2D eigenvalue weighted by atomic mass is 9.55. The quantitative estimate of drug-likeness (QED) is 0.381. The van der Waals surface area contributed by atoms with E-state index in [1.54, 1.807) is 37.3 Å². The summed E-state index contributed by atoms with van der Waals surface area (Å²) in [5, 5.41) is 17.1. The molecule has 0 bridgehead atoms. The molecule has 2 spiro atoms. The molecule has 9 heteroatoms. The van der Waals surface area contributed by atoms with E-state index >= 15 is 4.39 Å². The Labute approximate surface area is 224 Å². The van der Waals surface area contributed by atoms with Crippen LogP contribution in [0.4, 0.5) is 4.39 Å². The monoisotopic (exact) mass is 546 g/mol. The molecule has 3 N–H and O–H groups in total. The van der Waals surface area contributed by atoms with Crippen LogP contribution in [0.25, 0.3) is 0 Å². The van der Waals surface area contributed by atoms with Crippen molar-refractivity contribution in [3.63, 3.8) is 0 Å². The highest BCUT2D eigenvalue weighted by molar-refractivity contribution is 6.31. The van der Waals surface area contributed by atoms with Crippen molar-refractivity contribution in [1.82, 2.24) is 10.6 Å². The predicted molar refractivity (Wildman–Crippen MR) is 137 cm³/mol. The van der Waals surface area contributed by atoms with Gasteiger partial charge in [-0.2, -0.15) is 0 Å². The molecule has 0 aromatic heterocycles. The normalized spacial score (nSPS) is 33.8. The summed E-state index contributed by atoms with van der Waals surface area (Å²) in [6.07, 6.45) is 4.84. The largest absolute Gasteiger partial charge is 0.425 e. The first kappa shape index (κ1) is 25.1. The van der Waals surface area contributed by atoms with Gasteiger partial charge in [-0.15, -0.1) is 0 Å².